The number of nitrogens with one attached hydrogen (secondary N) is 1. The lowest BCUT2D eigenvalue weighted by Crippen LogP contribution is -2.37. The Morgan fingerprint density at radius 1 is 1.43 bits per heavy atom. The smallest absolute Gasteiger partial charge is 0.255 e. The summed E-state index contributed by atoms with van der Waals surface area (Å²) in [6.07, 6.45) is 3.32. The summed E-state index contributed by atoms with van der Waals surface area (Å²) in [5, 5.41) is 7.39. The molecule has 2 aromatic heterocycles. The van der Waals surface area contributed by atoms with Crippen molar-refractivity contribution in [2.75, 3.05) is 32.6 Å². The van der Waals surface area contributed by atoms with Crippen LogP contribution in [0.1, 0.15) is 41.0 Å². The van der Waals surface area contributed by atoms with Crippen molar-refractivity contribution in [3.63, 3.8) is 0 Å². The minimum atomic E-state index is -0.736. The van der Waals surface area contributed by atoms with Crippen LogP contribution in [0.2, 0.25) is 5.02 Å². The molecule has 1 aliphatic heterocycles. The molecule has 1 aliphatic rings. The zero-order valence-electron chi connectivity index (χ0n) is 20.7. The van der Waals surface area contributed by atoms with Gasteiger partial charge >= 0.3 is 0 Å². The molecule has 37 heavy (non-hydrogen) atoms. The number of carbonyl (C=O) groups is 2. The molecule has 1 saturated heterocycles. The van der Waals surface area contributed by atoms with E-state index in [0.29, 0.717) is 43.0 Å². The Bertz CT molecular complexity index is 1450. The Morgan fingerprint density at radius 3 is 2.81 bits per heavy atom. The second-order valence-corrected chi connectivity index (χ2v) is 8.90. The third-order valence-corrected chi connectivity index (χ3v) is 6.76. The topological polar surface area (TPSA) is 120 Å². The van der Waals surface area contributed by atoms with E-state index in [1.54, 1.807) is 34.4 Å². The van der Waals surface area contributed by atoms with Gasteiger partial charge in [-0.15, -0.1) is 0 Å². The van der Waals surface area contributed by atoms with Crippen LogP contribution in [0.4, 0.5) is 10.2 Å². The number of amides is 2. The van der Waals surface area contributed by atoms with Crippen molar-refractivity contribution in [3.05, 3.63) is 52.7 Å². The second kappa shape index (κ2) is 10.6. The van der Waals surface area contributed by atoms with Crippen LogP contribution in [0.15, 0.2) is 25.0 Å². The number of nitrogens with zero attached hydrogens (tertiary/aromatic N) is 5. The number of methoxy groups -OCH3 is 1. The molecule has 0 aliphatic carbocycles. The first-order valence-electron chi connectivity index (χ1n) is 11.6. The molecule has 3 N–H and O–H groups in total. The molecule has 2 atom stereocenters. The predicted octanol–water partition coefficient (Wildman–Crippen LogP) is 2.56. The molecule has 0 radical (unpaired) electrons. The van der Waals surface area contributed by atoms with E-state index in [2.05, 4.69) is 33.8 Å². The number of imidazole rings is 1. The van der Waals surface area contributed by atoms with Gasteiger partial charge in [-0.3, -0.25) is 9.59 Å². The summed E-state index contributed by atoms with van der Waals surface area (Å²) in [7, 11) is 3.20. The number of rotatable bonds is 7. The molecule has 3 aromatic rings. The summed E-state index contributed by atoms with van der Waals surface area (Å²) in [5.41, 5.74) is 6.78. The number of ether oxygens (including phenoxy) is 1. The van der Waals surface area contributed by atoms with Gasteiger partial charge in [0.2, 0.25) is 5.91 Å². The lowest BCUT2D eigenvalue weighted by Gasteiger charge is -2.22. The number of aromatic nitrogens is 4. The molecular weight excluding hydrogens is 501 g/mol. The van der Waals surface area contributed by atoms with E-state index in [4.69, 9.17) is 22.1 Å². The maximum absolute atomic E-state index is 15.0. The van der Waals surface area contributed by atoms with Crippen LogP contribution in [-0.2, 0) is 16.1 Å². The minimum Gasteiger partial charge on any atom is -0.383 e. The molecule has 0 bridgehead atoms. The van der Waals surface area contributed by atoms with Crippen LogP contribution in [0, 0.1) is 17.7 Å². The molecule has 1 fully saturated rings. The highest BCUT2D eigenvalue weighted by atomic mass is 35.5. The Labute approximate surface area is 218 Å². The molecule has 0 spiro atoms. The molecule has 4 rings (SSSR count). The molecule has 3 heterocycles. The summed E-state index contributed by atoms with van der Waals surface area (Å²) >= 11 is 6.29. The van der Waals surface area contributed by atoms with Crippen LogP contribution in [0.25, 0.3) is 11.0 Å². The average Bonchev–Trinajstić information content (AvgIpc) is 3.59. The average molecular weight is 528 g/mol. The number of nitrogens with two attached hydrogens (primary N) is 1. The van der Waals surface area contributed by atoms with Gasteiger partial charge in [-0.25, -0.2) is 14.1 Å². The highest BCUT2D eigenvalue weighted by molar-refractivity contribution is 6.32. The van der Waals surface area contributed by atoms with Gasteiger partial charge in [0.05, 0.1) is 35.6 Å². The lowest BCUT2D eigenvalue weighted by molar-refractivity contribution is -0.127. The van der Waals surface area contributed by atoms with E-state index in [1.807, 2.05) is 6.92 Å². The number of halogens is 2. The van der Waals surface area contributed by atoms with Gasteiger partial charge in [0, 0.05) is 32.8 Å². The standard InChI is InChI=1S/C25H27ClFN7O3/c1-5-19(35)33-11-15(10-16(33)12-37-4)34-25(29-3)20(24(28)36)17(31-34)8-7-14-9-18-23(22(27)21(14)26)32(6-2)13-30-18/h5,9,13,15-16,29H,1,6,10-12H2,2-4H3,(H2,28,36)/t15-,16+/m0/s1. The third kappa shape index (κ3) is 4.65. The van der Waals surface area contributed by atoms with E-state index in [-0.39, 0.29) is 39.8 Å². The first-order valence-corrected chi connectivity index (χ1v) is 12.0. The molecule has 1 aromatic carbocycles. The zero-order valence-corrected chi connectivity index (χ0v) is 21.5. The summed E-state index contributed by atoms with van der Waals surface area (Å²) in [4.78, 5) is 30.7. The molecule has 0 saturated carbocycles. The number of likely N-dealkylation sites (tertiary alicyclic amines) is 1. The Kier molecular flexibility index (Phi) is 7.52. The lowest BCUT2D eigenvalue weighted by atomic mass is 10.1. The van der Waals surface area contributed by atoms with Crippen molar-refractivity contribution < 1.29 is 18.7 Å². The second-order valence-electron chi connectivity index (χ2n) is 8.52. The van der Waals surface area contributed by atoms with Gasteiger partial charge in [0.15, 0.2) is 11.5 Å². The number of aryl methyl sites for hydroxylation is 1. The summed E-state index contributed by atoms with van der Waals surface area (Å²) in [6.45, 7) is 6.64. The van der Waals surface area contributed by atoms with Crippen molar-refractivity contribution in [1.82, 2.24) is 24.2 Å². The summed E-state index contributed by atoms with van der Waals surface area (Å²) in [6, 6.07) is 1.11. The fraction of sp³-hybridized carbons (Fsp3) is 0.360. The van der Waals surface area contributed by atoms with Crippen molar-refractivity contribution in [3.8, 4) is 11.8 Å². The molecular formula is C25H27ClFN7O3. The molecule has 2 amide bonds. The Hall–Kier alpha value is -3.88. The largest absolute Gasteiger partial charge is 0.383 e. The van der Waals surface area contributed by atoms with E-state index < -0.39 is 11.7 Å². The maximum atomic E-state index is 15.0. The summed E-state index contributed by atoms with van der Waals surface area (Å²) in [5.74, 6) is 4.43. The van der Waals surface area contributed by atoms with E-state index >= 15 is 4.39 Å². The van der Waals surface area contributed by atoms with Crippen LogP contribution >= 0.6 is 11.6 Å². The number of hydrogen-bond acceptors (Lipinski definition) is 6. The fourth-order valence-corrected chi connectivity index (χ4v) is 4.88. The first kappa shape index (κ1) is 26.2. The number of carbonyl (C=O) groups excluding carboxylic acids is 2. The number of fused-ring (bicyclic) bond motifs is 1. The SMILES string of the molecule is C=CC(=O)N1C[C@@H](n2nc(C#Cc3cc4ncn(CC)c4c(F)c3Cl)c(C(N)=O)c2NC)C[C@@H]1COC. The van der Waals surface area contributed by atoms with Crippen molar-refractivity contribution in [2.24, 2.45) is 5.73 Å². The van der Waals surface area contributed by atoms with Crippen LogP contribution in [0.5, 0.6) is 0 Å². The quantitative estimate of drug-likeness (QED) is 0.360. The monoisotopic (exact) mass is 527 g/mol. The van der Waals surface area contributed by atoms with Gasteiger partial charge in [0.25, 0.3) is 5.91 Å². The third-order valence-electron chi connectivity index (χ3n) is 6.39. The number of anilines is 1. The van der Waals surface area contributed by atoms with Gasteiger partial charge in [-0.05, 0) is 31.4 Å². The van der Waals surface area contributed by atoms with Gasteiger partial charge < -0.3 is 25.3 Å². The van der Waals surface area contributed by atoms with Gasteiger partial charge in [0.1, 0.15) is 16.9 Å². The predicted molar refractivity (Wildman–Crippen MR) is 138 cm³/mol. The van der Waals surface area contributed by atoms with Gasteiger partial charge in [-0.2, -0.15) is 5.10 Å². The van der Waals surface area contributed by atoms with E-state index in [0.717, 1.165) is 0 Å². The van der Waals surface area contributed by atoms with Crippen LogP contribution in [0.3, 0.4) is 0 Å². The highest BCUT2D eigenvalue weighted by Gasteiger charge is 2.37. The Morgan fingerprint density at radius 2 is 2.19 bits per heavy atom. The fourth-order valence-electron chi connectivity index (χ4n) is 4.69. The molecule has 194 valence electrons. The van der Waals surface area contributed by atoms with E-state index in [1.165, 1.54) is 12.4 Å². The molecule has 10 nitrogen and oxygen atoms in total. The van der Waals surface area contributed by atoms with Crippen molar-refractivity contribution in [1.29, 1.82) is 0 Å². The van der Waals surface area contributed by atoms with Crippen LogP contribution < -0.4 is 11.1 Å². The number of hydrogen-bond donors (Lipinski definition) is 2. The Balaban J connectivity index is 1.78. The van der Waals surface area contributed by atoms with Gasteiger partial charge in [-0.1, -0.05) is 24.1 Å². The number of primary amides is 1. The highest BCUT2D eigenvalue weighted by Crippen LogP contribution is 2.33. The van der Waals surface area contributed by atoms with E-state index in [9.17, 15) is 9.59 Å². The number of benzene rings is 1. The molecule has 12 heteroatoms. The summed E-state index contributed by atoms with van der Waals surface area (Å²) < 4.78 is 23.6. The van der Waals surface area contributed by atoms with Crippen molar-refractivity contribution >= 4 is 40.3 Å². The molecule has 0 unspecified atom stereocenters. The maximum Gasteiger partial charge on any atom is 0.255 e. The first-order chi connectivity index (χ1) is 17.7. The van der Waals surface area contributed by atoms with Crippen molar-refractivity contribution in [2.45, 2.75) is 32.0 Å². The minimum absolute atomic E-state index is 0.0831. The van der Waals surface area contributed by atoms with Crippen LogP contribution in [-0.4, -0.2) is 69.4 Å². The normalized spacial score (nSPS) is 17.1. The zero-order chi connectivity index (χ0) is 26.9.